The largest absolute Gasteiger partial charge is 0.459 e. The maximum atomic E-state index is 12.4. The average molecular weight is 305 g/mol. The Labute approximate surface area is 128 Å². The van der Waals surface area contributed by atoms with Crippen molar-refractivity contribution in [2.75, 3.05) is 18.6 Å². The van der Waals surface area contributed by atoms with Crippen LogP contribution in [0.1, 0.15) is 37.5 Å². The van der Waals surface area contributed by atoms with Crippen molar-refractivity contribution in [2.24, 2.45) is 5.92 Å². The Morgan fingerprint density at radius 2 is 2.10 bits per heavy atom. The number of para-hydroxylation sites is 1. The highest BCUT2D eigenvalue weighted by Gasteiger charge is 2.22. The third-order valence-corrected chi connectivity index (χ3v) is 5.93. The zero-order valence-corrected chi connectivity index (χ0v) is 13.3. The Morgan fingerprint density at radius 3 is 2.81 bits per heavy atom. The summed E-state index contributed by atoms with van der Waals surface area (Å²) in [4.78, 5) is 0. The lowest BCUT2D eigenvalue weighted by Crippen LogP contribution is -2.24. The first-order valence-electron chi connectivity index (χ1n) is 7.77. The molecule has 0 spiro atoms. The summed E-state index contributed by atoms with van der Waals surface area (Å²) in [6.45, 7) is 0. The van der Waals surface area contributed by atoms with E-state index in [1.807, 2.05) is 31.3 Å². The molecule has 3 rings (SSSR count). The number of furan rings is 1. The molecule has 2 unspecified atom stereocenters. The second-order valence-corrected chi connectivity index (χ2v) is 7.50. The van der Waals surface area contributed by atoms with E-state index in [0.29, 0.717) is 11.7 Å². The third kappa shape index (κ3) is 3.55. The van der Waals surface area contributed by atoms with E-state index in [4.69, 9.17) is 4.42 Å². The fraction of sp³-hybridized carbons (Fsp3) is 0.529. The molecule has 1 fully saturated rings. The van der Waals surface area contributed by atoms with Crippen LogP contribution in [-0.4, -0.2) is 22.8 Å². The lowest BCUT2D eigenvalue weighted by atomic mass is 10.1. The van der Waals surface area contributed by atoms with E-state index in [1.165, 1.54) is 25.7 Å². The van der Waals surface area contributed by atoms with Gasteiger partial charge in [0.25, 0.3) is 0 Å². The van der Waals surface area contributed by atoms with Crippen LogP contribution in [0.25, 0.3) is 11.0 Å². The molecule has 1 aromatic heterocycles. The zero-order valence-electron chi connectivity index (χ0n) is 12.5. The third-order valence-electron chi connectivity index (χ3n) is 4.39. The predicted molar refractivity (Wildman–Crippen MR) is 87.8 cm³/mol. The van der Waals surface area contributed by atoms with Crippen molar-refractivity contribution in [1.29, 1.82) is 0 Å². The van der Waals surface area contributed by atoms with Gasteiger partial charge in [0.15, 0.2) is 0 Å². The van der Waals surface area contributed by atoms with Crippen molar-refractivity contribution in [2.45, 2.75) is 31.7 Å². The number of hydrogen-bond acceptors (Lipinski definition) is 3. The number of benzene rings is 1. The van der Waals surface area contributed by atoms with Gasteiger partial charge in [0, 0.05) is 27.7 Å². The Morgan fingerprint density at radius 1 is 1.33 bits per heavy atom. The minimum Gasteiger partial charge on any atom is -0.459 e. The van der Waals surface area contributed by atoms with Gasteiger partial charge in [-0.1, -0.05) is 31.0 Å². The molecule has 3 nitrogen and oxygen atoms in total. The van der Waals surface area contributed by atoms with Crippen molar-refractivity contribution < 1.29 is 8.63 Å². The molecule has 0 radical (unpaired) electrons. The lowest BCUT2D eigenvalue weighted by molar-refractivity contribution is 0.475. The lowest BCUT2D eigenvalue weighted by Gasteiger charge is -2.15. The fourth-order valence-corrected chi connectivity index (χ4v) is 4.87. The highest BCUT2D eigenvalue weighted by molar-refractivity contribution is 7.85. The highest BCUT2D eigenvalue weighted by atomic mass is 32.2. The quantitative estimate of drug-likeness (QED) is 0.886. The molecule has 114 valence electrons. The van der Waals surface area contributed by atoms with Gasteiger partial charge < -0.3 is 9.73 Å². The maximum Gasteiger partial charge on any atom is 0.134 e. The topological polar surface area (TPSA) is 42.2 Å². The Hall–Kier alpha value is -1.13. The molecule has 2 atom stereocenters. The number of nitrogens with one attached hydrogen (secondary N) is 1. The van der Waals surface area contributed by atoms with E-state index < -0.39 is 10.8 Å². The van der Waals surface area contributed by atoms with Gasteiger partial charge >= 0.3 is 0 Å². The molecule has 1 N–H and O–H groups in total. The molecule has 0 saturated heterocycles. The second kappa shape index (κ2) is 6.75. The first kappa shape index (κ1) is 14.8. The van der Waals surface area contributed by atoms with Gasteiger partial charge in [-0.15, -0.1) is 0 Å². The van der Waals surface area contributed by atoms with E-state index >= 15 is 0 Å². The summed E-state index contributed by atoms with van der Waals surface area (Å²) in [6.07, 6.45) is 5.11. The van der Waals surface area contributed by atoms with Gasteiger partial charge in [0.05, 0.1) is 6.04 Å². The Bertz CT molecular complexity index is 583. The van der Waals surface area contributed by atoms with Crippen molar-refractivity contribution in [3.63, 3.8) is 0 Å². The summed E-state index contributed by atoms with van der Waals surface area (Å²) in [5.74, 6) is 3.03. The van der Waals surface area contributed by atoms with Crippen LogP contribution in [0.2, 0.25) is 0 Å². The van der Waals surface area contributed by atoms with Crippen LogP contribution in [0.5, 0.6) is 0 Å². The molecule has 2 aromatic rings. The molecule has 4 heteroatoms. The summed E-state index contributed by atoms with van der Waals surface area (Å²) in [5.41, 5.74) is 0.898. The summed E-state index contributed by atoms with van der Waals surface area (Å²) in [7, 11) is 1.12. The van der Waals surface area contributed by atoms with Crippen molar-refractivity contribution in [3.8, 4) is 0 Å². The molecule has 0 amide bonds. The zero-order chi connectivity index (χ0) is 14.7. The van der Waals surface area contributed by atoms with E-state index in [-0.39, 0.29) is 6.04 Å². The summed E-state index contributed by atoms with van der Waals surface area (Å²) >= 11 is 0. The van der Waals surface area contributed by atoms with Crippen LogP contribution in [-0.2, 0) is 10.8 Å². The minimum atomic E-state index is -0.784. The summed E-state index contributed by atoms with van der Waals surface area (Å²) in [5, 5.41) is 4.35. The molecule has 1 saturated carbocycles. The van der Waals surface area contributed by atoms with Crippen LogP contribution in [0, 0.1) is 5.92 Å². The predicted octanol–water partition coefficient (Wildman–Crippen LogP) is 3.63. The molecule has 21 heavy (non-hydrogen) atoms. The normalized spacial score (nSPS) is 19.1. The van der Waals surface area contributed by atoms with Gasteiger partial charge in [-0.05, 0) is 37.9 Å². The van der Waals surface area contributed by atoms with Gasteiger partial charge in [-0.2, -0.15) is 0 Å². The summed E-state index contributed by atoms with van der Waals surface area (Å²) < 4.78 is 18.3. The molecule has 0 bridgehead atoms. The smallest absolute Gasteiger partial charge is 0.134 e. The molecule has 1 aliphatic rings. The minimum absolute atomic E-state index is 0.0274. The molecule has 1 aromatic carbocycles. The van der Waals surface area contributed by atoms with Crippen molar-refractivity contribution >= 4 is 21.8 Å². The van der Waals surface area contributed by atoms with Crippen LogP contribution >= 0.6 is 0 Å². The Kier molecular flexibility index (Phi) is 4.76. The second-order valence-electron chi connectivity index (χ2n) is 5.95. The molecule has 1 heterocycles. The number of hydrogen-bond donors (Lipinski definition) is 1. The van der Waals surface area contributed by atoms with Gasteiger partial charge in [-0.3, -0.25) is 4.21 Å². The van der Waals surface area contributed by atoms with Crippen LogP contribution in [0.15, 0.2) is 34.7 Å². The van der Waals surface area contributed by atoms with Crippen molar-refractivity contribution in [3.05, 3.63) is 36.1 Å². The van der Waals surface area contributed by atoms with Crippen LogP contribution in [0.3, 0.4) is 0 Å². The van der Waals surface area contributed by atoms with Gasteiger partial charge in [0.2, 0.25) is 0 Å². The SMILES string of the molecule is CNC(CS(=O)CC1CCCC1)c1cc2ccccc2o1. The monoisotopic (exact) mass is 305 g/mol. The van der Waals surface area contributed by atoms with Crippen molar-refractivity contribution in [1.82, 2.24) is 5.32 Å². The molecular weight excluding hydrogens is 282 g/mol. The first-order chi connectivity index (χ1) is 10.3. The van der Waals surface area contributed by atoms with Crippen LogP contribution < -0.4 is 5.32 Å². The fourth-order valence-electron chi connectivity index (χ4n) is 3.18. The van der Waals surface area contributed by atoms with Gasteiger partial charge in [0.1, 0.15) is 11.3 Å². The van der Waals surface area contributed by atoms with Gasteiger partial charge in [-0.25, -0.2) is 0 Å². The molecular formula is C17H23NO2S. The van der Waals surface area contributed by atoms with E-state index in [9.17, 15) is 4.21 Å². The standard InChI is InChI=1S/C17H23NO2S/c1-18-15(12-21(19)11-13-6-2-3-7-13)17-10-14-8-4-5-9-16(14)20-17/h4-5,8-10,13,15,18H,2-3,6-7,11-12H2,1H3. The highest BCUT2D eigenvalue weighted by Crippen LogP contribution is 2.27. The summed E-state index contributed by atoms with van der Waals surface area (Å²) in [6, 6.07) is 10.1. The molecule has 0 aliphatic heterocycles. The average Bonchev–Trinajstić information content (AvgIpc) is 3.13. The van der Waals surface area contributed by atoms with E-state index in [0.717, 1.165) is 22.5 Å². The van der Waals surface area contributed by atoms with Crippen LogP contribution in [0.4, 0.5) is 0 Å². The number of rotatable bonds is 6. The number of fused-ring (bicyclic) bond motifs is 1. The Balaban J connectivity index is 1.67. The molecule has 1 aliphatic carbocycles. The maximum absolute atomic E-state index is 12.4. The van der Waals surface area contributed by atoms with E-state index in [1.54, 1.807) is 0 Å². The first-order valence-corrected chi connectivity index (χ1v) is 9.26. The van der Waals surface area contributed by atoms with E-state index in [2.05, 4.69) is 11.4 Å².